The molecule has 518 valence electrons. The summed E-state index contributed by atoms with van der Waals surface area (Å²) < 4.78 is 106. The third-order valence-electron chi connectivity index (χ3n) is 20.1. The summed E-state index contributed by atoms with van der Waals surface area (Å²) in [7, 11) is 0. The second-order valence-corrected chi connectivity index (χ2v) is 28.7. The molecular weight excluding hydrogens is 1280 g/mol. The molecule has 0 aromatic heterocycles. The molecule has 5 aliphatic heterocycles. The molecule has 94 heavy (non-hydrogen) atoms. The van der Waals surface area contributed by atoms with Crippen molar-refractivity contribution in [2.75, 3.05) is 26.4 Å². The largest absolute Gasteiger partial charge is 0.453 e. The number of benzene rings is 4. The first-order valence-electron chi connectivity index (χ1n) is 33.3. The molecule has 5 heterocycles. The minimum atomic E-state index is -1.98. The molecule has 10 unspecified atom stereocenters. The van der Waals surface area contributed by atoms with Gasteiger partial charge in [0, 0.05) is 23.7 Å². The number of ether oxygens (including phenoxy) is 14. The number of nitrogens with one attached hydrogen (secondary N) is 1. The summed E-state index contributed by atoms with van der Waals surface area (Å²) in [6.07, 6.45) is -13.1. The number of alkyl carbamates (subject to hydrolysis) is 1. The molecule has 22 heteroatoms. The van der Waals surface area contributed by atoms with Crippen LogP contribution in [0.15, 0.2) is 121 Å². The summed E-state index contributed by atoms with van der Waals surface area (Å²) in [5.74, 6) is -3.61. The van der Waals surface area contributed by atoms with Crippen molar-refractivity contribution >= 4 is 52.8 Å². The maximum atomic E-state index is 17.1. The number of hydrogen-bond acceptors (Lipinski definition) is 17. The van der Waals surface area contributed by atoms with Crippen LogP contribution < -0.4 is 5.32 Å². The van der Waals surface area contributed by atoms with Crippen molar-refractivity contribution in [2.24, 2.45) is 53.3 Å². The summed E-state index contributed by atoms with van der Waals surface area (Å²) in [6, 6.07) is 36.2. The van der Waals surface area contributed by atoms with E-state index in [0.717, 1.165) is 11.1 Å². The van der Waals surface area contributed by atoms with Gasteiger partial charge in [-0.05, 0) is 77.8 Å². The third kappa shape index (κ3) is 18.8. The molecule has 0 radical (unpaired) electrons. The van der Waals surface area contributed by atoms with E-state index in [1.807, 2.05) is 135 Å². The standard InChI is InChI=1S/C72H95Cl3FNO17/c1-12-53-59(92-69-62(90-65(78)51-30-22-16-23-31-51)44(7)41(4)55(88-69)36-81-34-49-26-18-14-19-27-49)46(9)47(10)67(86-53)83-38-57-40(3)43(6)61(64(76)85-57)94-68-58(77-71(80)84-39-72(73,74)75)48(11)60(54(13-2)87-68)93-70-63(91-66(79)52-32-24-17-25-33-52)45(8)42(5)56(89-70)37-82-35-50-28-20-15-21-29-50/h14-33,40-48,53-64,67-70H,12-13,34-39H2,1-11H3,(H,77,80)/t40-,41+,42+,43-,44-,45-,46+,47?,48+,53?,54?,55?,56?,57?,58?,59-,60-,61?,62?,63?,64-,67+,68-,69-,70-/m0/s1. The monoisotopic (exact) mass is 1370 g/mol. The molecule has 1 N–H and O–H groups in total. The number of rotatable bonds is 25. The molecule has 5 fully saturated rings. The Morgan fingerprint density at radius 3 is 1.28 bits per heavy atom. The Bertz CT molecular complexity index is 2960. The van der Waals surface area contributed by atoms with E-state index < -0.39 is 133 Å². The smallest absolute Gasteiger partial charge is 0.407 e. The van der Waals surface area contributed by atoms with E-state index in [0.29, 0.717) is 43.8 Å². The predicted octanol–water partition coefficient (Wildman–Crippen LogP) is 13.6. The fourth-order valence-electron chi connectivity index (χ4n) is 13.3. The van der Waals surface area contributed by atoms with Crippen molar-refractivity contribution in [3.63, 3.8) is 0 Å². The SMILES string of the molecule is CCC1O[C@@H](OCC2O[C@H](F)C(O[C@@H]3OC(CC)[C@@H](O[C@@H]4OC(COCc5ccccc5)[C@H](C)[C@H](C)C4OC(=O)c4ccccc4)[C@H](C)C3NC(=O)OCC(Cl)(Cl)Cl)[C@@H](C)[C@@H]2C)C(C)[C@@H](C)[C@@H]1O[C@@H]1OC(COCc2ccccc2)[C@H](C)[C@H](C)C1OC(=O)c1ccccc1. The number of hydrogen-bond donors (Lipinski definition) is 1. The van der Waals surface area contributed by atoms with Crippen molar-refractivity contribution in [3.8, 4) is 0 Å². The zero-order valence-electron chi connectivity index (χ0n) is 55.6. The van der Waals surface area contributed by atoms with Crippen LogP contribution in [0.3, 0.4) is 0 Å². The van der Waals surface area contributed by atoms with Crippen LogP contribution in [0.2, 0.25) is 0 Å². The molecular formula is C72H95Cl3FNO17. The first kappa shape index (κ1) is 73.7. The van der Waals surface area contributed by atoms with Crippen LogP contribution in [0, 0.1) is 53.3 Å². The van der Waals surface area contributed by atoms with E-state index in [9.17, 15) is 14.4 Å². The Kier molecular flexibility index (Phi) is 26.9. The molecule has 0 aliphatic carbocycles. The predicted molar refractivity (Wildman–Crippen MR) is 350 cm³/mol. The highest BCUT2D eigenvalue weighted by atomic mass is 35.6. The van der Waals surface area contributed by atoms with Crippen LogP contribution in [0.1, 0.15) is 121 Å². The summed E-state index contributed by atoms with van der Waals surface area (Å²) in [5, 5.41) is 2.86. The van der Waals surface area contributed by atoms with E-state index in [4.69, 9.17) is 101 Å². The average Bonchev–Trinajstić information content (AvgIpc) is 0.785. The van der Waals surface area contributed by atoms with Gasteiger partial charge in [0.1, 0.15) is 12.7 Å². The lowest BCUT2D eigenvalue weighted by Crippen LogP contribution is -2.64. The molecule has 25 atom stereocenters. The van der Waals surface area contributed by atoms with Crippen LogP contribution in [0.5, 0.6) is 0 Å². The number of carbonyl (C=O) groups is 3. The van der Waals surface area contributed by atoms with Gasteiger partial charge in [0.25, 0.3) is 0 Å². The van der Waals surface area contributed by atoms with E-state index in [1.165, 1.54) is 0 Å². The summed E-state index contributed by atoms with van der Waals surface area (Å²) >= 11 is 18.1. The Hall–Kier alpha value is -4.55. The van der Waals surface area contributed by atoms with Gasteiger partial charge in [-0.1, -0.05) is 208 Å². The Morgan fingerprint density at radius 2 is 0.830 bits per heavy atom. The van der Waals surface area contributed by atoms with Crippen molar-refractivity contribution < 1.29 is 85.1 Å². The minimum Gasteiger partial charge on any atom is -0.453 e. The van der Waals surface area contributed by atoms with Gasteiger partial charge < -0.3 is 71.6 Å². The van der Waals surface area contributed by atoms with Crippen molar-refractivity contribution in [3.05, 3.63) is 144 Å². The van der Waals surface area contributed by atoms with E-state index in [-0.39, 0.29) is 60.7 Å². The Balaban J connectivity index is 0.869. The molecule has 1 amide bonds. The van der Waals surface area contributed by atoms with Gasteiger partial charge in [-0.25, -0.2) is 18.8 Å². The van der Waals surface area contributed by atoms with Gasteiger partial charge in [-0.2, -0.15) is 0 Å². The second-order valence-electron chi connectivity index (χ2n) is 26.2. The normalized spacial score (nSPS) is 36.2. The number of carbonyl (C=O) groups excluding carboxylic acids is 3. The summed E-state index contributed by atoms with van der Waals surface area (Å²) in [6.45, 7) is 22.5. The first-order valence-corrected chi connectivity index (χ1v) is 34.4. The zero-order chi connectivity index (χ0) is 67.4. The average molecular weight is 1370 g/mol. The fourth-order valence-corrected chi connectivity index (χ4v) is 13.4. The van der Waals surface area contributed by atoms with Crippen LogP contribution in [-0.4, -0.2) is 147 Å². The Labute approximate surface area is 568 Å². The van der Waals surface area contributed by atoms with Crippen molar-refractivity contribution in [2.45, 2.75) is 205 Å². The van der Waals surface area contributed by atoms with Gasteiger partial charge in [-0.3, -0.25) is 0 Å². The summed E-state index contributed by atoms with van der Waals surface area (Å²) in [4.78, 5) is 41.2. The molecule has 18 nitrogen and oxygen atoms in total. The number of alkyl halides is 4. The first-order chi connectivity index (χ1) is 45.0. The molecule has 4 aromatic carbocycles. The topological polar surface area (TPSA) is 192 Å². The fraction of sp³-hybridized carbons (Fsp3) is 0.625. The van der Waals surface area contributed by atoms with Crippen LogP contribution >= 0.6 is 34.8 Å². The van der Waals surface area contributed by atoms with Gasteiger partial charge in [-0.15, -0.1) is 0 Å². The van der Waals surface area contributed by atoms with Crippen LogP contribution in [0.25, 0.3) is 0 Å². The third-order valence-corrected chi connectivity index (χ3v) is 20.4. The molecule has 5 saturated heterocycles. The van der Waals surface area contributed by atoms with Crippen molar-refractivity contribution in [1.29, 1.82) is 0 Å². The highest BCUT2D eigenvalue weighted by Gasteiger charge is 2.55. The van der Waals surface area contributed by atoms with Crippen molar-refractivity contribution in [1.82, 2.24) is 5.32 Å². The lowest BCUT2D eigenvalue weighted by atomic mass is 9.82. The maximum Gasteiger partial charge on any atom is 0.407 e. The van der Waals surface area contributed by atoms with Gasteiger partial charge in [0.05, 0.1) is 92.9 Å². The number of halogens is 4. The zero-order valence-corrected chi connectivity index (χ0v) is 57.9. The molecule has 0 bridgehead atoms. The molecule has 0 spiro atoms. The highest BCUT2D eigenvalue weighted by molar-refractivity contribution is 6.67. The minimum absolute atomic E-state index is 0.0128. The van der Waals surface area contributed by atoms with Crippen LogP contribution in [0.4, 0.5) is 9.18 Å². The van der Waals surface area contributed by atoms with Gasteiger partial charge >= 0.3 is 18.0 Å². The van der Waals surface area contributed by atoms with Gasteiger partial charge in [0.2, 0.25) is 10.2 Å². The lowest BCUT2D eigenvalue weighted by molar-refractivity contribution is -0.350. The molecule has 4 aromatic rings. The highest BCUT2D eigenvalue weighted by Crippen LogP contribution is 2.44. The lowest BCUT2D eigenvalue weighted by Gasteiger charge is -2.51. The number of esters is 2. The quantitative estimate of drug-likeness (QED) is 0.0374. The maximum absolute atomic E-state index is 17.1. The van der Waals surface area contributed by atoms with E-state index >= 15 is 4.39 Å². The Morgan fingerprint density at radius 1 is 0.447 bits per heavy atom. The summed E-state index contributed by atoms with van der Waals surface area (Å²) in [5.41, 5.74) is 2.81. The molecule has 9 rings (SSSR count). The van der Waals surface area contributed by atoms with Crippen LogP contribution in [-0.2, 0) is 79.5 Å². The van der Waals surface area contributed by atoms with Gasteiger partial charge in [0.15, 0.2) is 37.4 Å². The molecule has 5 aliphatic rings. The number of amides is 1. The van der Waals surface area contributed by atoms with E-state index in [1.54, 1.807) is 48.5 Å². The van der Waals surface area contributed by atoms with E-state index in [2.05, 4.69) is 19.2 Å². The second kappa shape index (κ2) is 34.3. The molecule has 0 saturated carbocycles.